The number of aromatic hydroxyl groups is 2. The van der Waals surface area contributed by atoms with E-state index in [1.165, 1.54) is 14.2 Å². The average Bonchev–Trinajstić information content (AvgIpc) is 3.27. The molecule has 8 heteroatoms. The van der Waals surface area contributed by atoms with Crippen LogP contribution in [0.5, 0.6) is 23.0 Å². The van der Waals surface area contributed by atoms with Gasteiger partial charge in [-0.3, -0.25) is 4.90 Å². The molecule has 0 radical (unpaired) electrons. The number of phenolic OH excluding ortho intramolecular Hbond substituents is 2. The minimum absolute atomic E-state index is 0.100. The number of phenols is 2. The van der Waals surface area contributed by atoms with E-state index in [1.807, 2.05) is 6.07 Å². The second-order valence-electron chi connectivity index (χ2n) is 7.27. The van der Waals surface area contributed by atoms with E-state index in [0.29, 0.717) is 13.0 Å². The van der Waals surface area contributed by atoms with E-state index in [0.717, 1.165) is 27.7 Å². The third-order valence-electron chi connectivity index (χ3n) is 5.74. The van der Waals surface area contributed by atoms with Crippen LogP contribution in [0.2, 0.25) is 0 Å². The number of cyclic esters (lactones) is 1. The molecule has 5 rings (SSSR count). The Bertz CT molecular complexity index is 1110. The minimum atomic E-state index is -0.475. The Labute approximate surface area is 166 Å². The molecule has 1 amide bonds. The maximum absolute atomic E-state index is 12.6. The fraction of sp³-hybridized carbons (Fsp3) is 0.286. The van der Waals surface area contributed by atoms with Crippen molar-refractivity contribution in [2.45, 2.75) is 18.5 Å². The van der Waals surface area contributed by atoms with E-state index in [9.17, 15) is 15.0 Å². The van der Waals surface area contributed by atoms with Crippen LogP contribution in [0, 0.1) is 0 Å². The lowest BCUT2D eigenvalue weighted by molar-refractivity contribution is 0.147. The molecule has 0 unspecified atom stereocenters. The van der Waals surface area contributed by atoms with Crippen molar-refractivity contribution in [2.24, 2.45) is 0 Å². The normalized spacial score (nSPS) is 20.3. The molecule has 0 spiro atoms. The lowest BCUT2D eigenvalue weighted by Crippen LogP contribution is -2.42. The first kappa shape index (κ1) is 17.5. The number of amides is 1. The molecule has 2 aromatic carbocycles. The lowest BCUT2D eigenvalue weighted by atomic mass is 9.89. The SMILES string of the molecule is COc1cc([C@@H]2c3[nH]c4ccc(O)cc4c3C[C@H]3COC(=O)N32)cc(OC)c1O. The summed E-state index contributed by atoms with van der Waals surface area (Å²) in [5, 5.41) is 21.2. The number of aromatic amines is 1. The molecule has 150 valence electrons. The molecule has 0 bridgehead atoms. The van der Waals surface area contributed by atoms with Gasteiger partial charge in [-0.1, -0.05) is 0 Å². The number of benzene rings is 2. The molecule has 1 fully saturated rings. The van der Waals surface area contributed by atoms with Gasteiger partial charge in [0.25, 0.3) is 0 Å². The first-order valence-electron chi connectivity index (χ1n) is 9.25. The summed E-state index contributed by atoms with van der Waals surface area (Å²) < 4.78 is 16.0. The highest BCUT2D eigenvalue weighted by Crippen LogP contribution is 2.47. The van der Waals surface area contributed by atoms with Crippen molar-refractivity contribution < 1.29 is 29.2 Å². The van der Waals surface area contributed by atoms with Crippen LogP contribution in [0.1, 0.15) is 22.9 Å². The fourth-order valence-corrected chi connectivity index (χ4v) is 4.43. The molecule has 8 nitrogen and oxygen atoms in total. The number of hydrogen-bond donors (Lipinski definition) is 3. The number of carbonyl (C=O) groups is 1. The zero-order chi connectivity index (χ0) is 20.3. The standard InChI is InChI=1S/C21H20N2O6/c1-27-16-5-10(6-17(28-2)20(16)25)19-18-14(7-11-9-29-21(26)23(11)19)13-8-12(24)3-4-15(13)22-18/h3-6,8,11,19,22,24-25H,7,9H2,1-2H3/t11-,19+/m0/s1. The number of carbonyl (C=O) groups excluding carboxylic acids is 1. The highest BCUT2D eigenvalue weighted by Gasteiger charge is 2.45. The molecule has 2 atom stereocenters. The highest BCUT2D eigenvalue weighted by molar-refractivity contribution is 5.87. The lowest BCUT2D eigenvalue weighted by Gasteiger charge is -2.36. The Hall–Kier alpha value is -3.55. The maximum atomic E-state index is 12.6. The predicted molar refractivity (Wildman–Crippen MR) is 104 cm³/mol. The van der Waals surface area contributed by atoms with Gasteiger partial charge in [0.05, 0.1) is 20.3 Å². The third kappa shape index (κ3) is 2.48. The summed E-state index contributed by atoms with van der Waals surface area (Å²) in [6.45, 7) is 0.298. The van der Waals surface area contributed by atoms with Crippen LogP contribution >= 0.6 is 0 Å². The molecule has 2 aliphatic heterocycles. The Morgan fingerprint density at radius 3 is 2.55 bits per heavy atom. The molecule has 3 heterocycles. The van der Waals surface area contributed by atoms with Crippen molar-refractivity contribution in [2.75, 3.05) is 20.8 Å². The van der Waals surface area contributed by atoms with Gasteiger partial charge in [0.2, 0.25) is 5.75 Å². The van der Waals surface area contributed by atoms with Gasteiger partial charge >= 0.3 is 6.09 Å². The van der Waals surface area contributed by atoms with Crippen molar-refractivity contribution in [3.8, 4) is 23.0 Å². The van der Waals surface area contributed by atoms with Crippen LogP contribution in [0.3, 0.4) is 0 Å². The number of fused-ring (bicyclic) bond motifs is 4. The second kappa shape index (κ2) is 6.23. The van der Waals surface area contributed by atoms with Crippen LogP contribution in [0.15, 0.2) is 30.3 Å². The van der Waals surface area contributed by atoms with Crippen LogP contribution in [-0.4, -0.2) is 53.1 Å². The minimum Gasteiger partial charge on any atom is -0.508 e. The number of methoxy groups -OCH3 is 2. The van der Waals surface area contributed by atoms with Crippen molar-refractivity contribution in [1.82, 2.24) is 9.88 Å². The van der Waals surface area contributed by atoms with Gasteiger partial charge in [0.1, 0.15) is 18.4 Å². The van der Waals surface area contributed by atoms with Gasteiger partial charge in [-0.15, -0.1) is 0 Å². The van der Waals surface area contributed by atoms with Crippen molar-refractivity contribution in [1.29, 1.82) is 0 Å². The number of nitrogens with one attached hydrogen (secondary N) is 1. The van der Waals surface area contributed by atoms with Crippen LogP contribution in [0.4, 0.5) is 4.79 Å². The molecule has 3 N–H and O–H groups in total. The third-order valence-corrected chi connectivity index (χ3v) is 5.74. The highest BCUT2D eigenvalue weighted by atomic mass is 16.6. The van der Waals surface area contributed by atoms with Gasteiger partial charge in [-0.25, -0.2) is 4.79 Å². The quantitative estimate of drug-likeness (QED) is 0.629. The first-order chi connectivity index (χ1) is 14.0. The molecule has 1 aromatic heterocycles. The largest absolute Gasteiger partial charge is 0.508 e. The predicted octanol–water partition coefficient (Wildman–Crippen LogP) is 3.06. The van der Waals surface area contributed by atoms with Gasteiger partial charge in [0, 0.05) is 16.6 Å². The number of nitrogens with zero attached hydrogens (tertiary/aromatic N) is 1. The molecule has 0 saturated carbocycles. The average molecular weight is 396 g/mol. The molecule has 3 aromatic rings. The van der Waals surface area contributed by atoms with Crippen molar-refractivity contribution in [3.05, 3.63) is 47.2 Å². The molecule has 2 aliphatic rings. The van der Waals surface area contributed by atoms with Crippen molar-refractivity contribution >= 4 is 17.0 Å². The smallest absolute Gasteiger partial charge is 0.411 e. The Kier molecular flexibility index (Phi) is 3.77. The summed E-state index contributed by atoms with van der Waals surface area (Å²) in [5.74, 6) is 0.593. The Morgan fingerprint density at radius 1 is 1.14 bits per heavy atom. The molecular weight excluding hydrogens is 376 g/mol. The first-order valence-corrected chi connectivity index (χ1v) is 9.25. The van der Waals surface area contributed by atoms with Crippen LogP contribution in [-0.2, 0) is 11.2 Å². The number of rotatable bonds is 3. The number of ether oxygens (including phenoxy) is 3. The second-order valence-corrected chi connectivity index (χ2v) is 7.27. The molecule has 1 saturated heterocycles. The summed E-state index contributed by atoms with van der Waals surface area (Å²) in [6, 6.07) is 7.96. The van der Waals surface area contributed by atoms with Crippen LogP contribution in [0.25, 0.3) is 10.9 Å². The monoisotopic (exact) mass is 396 g/mol. The summed E-state index contributed by atoms with van der Waals surface area (Å²) in [6.07, 6.45) is 0.228. The summed E-state index contributed by atoms with van der Waals surface area (Å²) in [5.41, 5.74) is 3.48. The Balaban J connectivity index is 1.77. The zero-order valence-electron chi connectivity index (χ0n) is 15.9. The zero-order valence-corrected chi connectivity index (χ0v) is 15.9. The topological polar surface area (TPSA) is 104 Å². The summed E-state index contributed by atoms with van der Waals surface area (Å²) in [7, 11) is 2.92. The fourth-order valence-electron chi connectivity index (χ4n) is 4.43. The van der Waals surface area contributed by atoms with E-state index in [1.54, 1.807) is 29.2 Å². The number of hydrogen-bond acceptors (Lipinski definition) is 6. The van der Waals surface area contributed by atoms with E-state index >= 15 is 0 Å². The van der Waals surface area contributed by atoms with Gasteiger partial charge in [-0.2, -0.15) is 0 Å². The number of aromatic nitrogens is 1. The van der Waals surface area contributed by atoms with Crippen LogP contribution < -0.4 is 9.47 Å². The maximum Gasteiger partial charge on any atom is 0.411 e. The molecule has 0 aliphatic carbocycles. The van der Waals surface area contributed by atoms with E-state index in [-0.39, 0.29) is 29.0 Å². The molecule has 29 heavy (non-hydrogen) atoms. The van der Waals surface area contributed by atoms with Gasteiger partial charge < -0.3 is 29.4 Å². The Morgan fingerprint density at radius 2 is 1.86 bits per heavy atom. The molecular formula is C21H20N2O6. The van der Waals surface area contributed by atoms with E-state index in [2.05, 4.69) is 4.98 Å². The summed E-state index contributed by atoms with van der Waals surface area (Å²) in [4.78, 5) is 17.7. The summed E-state index contributed by atoms with van der Waals surface area (Å²) >= 11 is 0. The van der Waals surface area contributed by atoms with Gasteiger partial charge in [0.15, 0.2) is 11.5 Å². The van der Waals surface area contributed by atoms with Gasteiger partial charge in [-0.05, 0) is 47.9 Å². The number of H-pyrrole nitrogens is 1. The van der Waals surface area contributed by atoms with Crippen molar-refractivity contribution in [3.63, 3.8) is 0 Å². The van der Waals surface area contributed by atoms with E-state index < -0.39 is 12.1 Å². The van der Waals surface area contributed by atoms with E-state index in [4.69, 9.17) is 14.2 Å².